The van der Waals surface area contributed by atoms with E-state index < -0.39 is 0 Å². The maximum absolute atomic E-state index is 13.3. The summed E-state index contributed by atoms with van der Waals surface area (Å²) in [6, 6.07) is 8.17. The Hall–Kier alpha value is -2.14. The average molecular weight is 290 g/mol. The van der Waals surface area contributed by atoms with E-state index in [1.807, 2.05) is 26.1 Å². The molecule has 112 valence electrons. The standard InChI is InChI=1S/C16H19FN2O2/c1-11-6-15(20-3)8-14(19-11)10-21-16-5-4-13(17)7-12(16)9-18-2/h4-8,18H,9-10H2,1-3H3. The van der Waals surface area contributed by atoms with Gasteiger partial charge in [0.05, 0.1) is 12.8 Å². The van der Waals surface area contributed by atoms with Gasteiger partial charge in [0.1, 0.15) is 23.9 Å². The van der Waals surface area contributed by atoms with E-state index in [4.69, 9.17) is 9.47 Å². The van der Waals surface area contributed by atoms with Gasteiger partial charge >= 0.3 is 0 Å². The first kappa shape index (κ1) is 15.3. The van der Waals surface area contributed by atoms with E-state index >= 15 is 0 Å². The minimum Gasteiger partial charge on any atom is -0.497 e. The fraction of sp³-hybridized carbons (Fsp3) is 0.312. The maximum Gasteiger partial charge on any atom is 0.130 e. The van der Waals surface area contributed by atoms with Crippen molar-refractivity contribution in [2.24, 2.45) is 0 Å². The Balaban J connectivity index is 2.14. The fourth-order valence-electron chi connectivity index (χ4n) is 2.06. The lowest BCUT2D eigenvalue weighted by atomic mass is 10.2. The second-order valence-electron chi connectivity index (χ2n) is 4.71. The number of aryl methyl sites for hydroxylation is 1. The number of hydrogen-bond acceptors (Lipinski definition) is 4. The second-order valence-corrected chi connectivity index (χ2v) is 4.71. The number of halogens is 1. The molecule has 21 heavy (non-hydrogen) atoms. The lowest BCUT2D eigenvalue weighted by molar-refractivity contribution is 0.295. The number of ether oxygens (including phenoxy) is 2. The van der Waals surface area contributed by atoms with Crippen molar-refractivity contribution in [3.63, 3.8) is 0 Å². The van der Waals surface area contributed by atoms with Crippen LogP contribution in [0.2, 0.25) is 0 Å². The van der Waals surface area contributed by atoms with Crippen LogP contribution in [0, 0.1) is 12.7 Å². The number of aromatic nitrogens is 1. The van der Waals surface area contributed by atoms with Crippen molar-refractivity contribution in [2.45, 2.75) is 20.1 Å². The van der Waals surface area contributed by atoms with Gasteiger partial charge < -0.3 is 14.8 Å². The highest BCUT2D eigenvalue weighted by atomic mass is 19.1. The number of nitrogens with one attached hydrogen (secondary N) is 1. The summed E-state index contributed by atoms with van der Waals surface area (Å²) in [6.07, 6.45) is 0. The van der Waals surface area contributed by atoms with Crippen molar-refractivity contribution in [3.05, 3.63) is 53.1 Å². The van der Waals surface area contributed by atoms with Crippen LogP contribution in [0.25, 0.3) is 0 Å². The zero-order chi connectivity index (χ0) is 15.2. The van der Waals surface area contributed by atoms with Crippen LogP contribution in [-0.2, 0) is 13.2 Å². The Labute approximate surface area is 123 Å². The minimum absolute atomic E-state index is 0.275. The highest BCUT2D eigenvalue weighted by Crippen LogP contribution is 2.21. The van der Waals surface area contributed by atoms with E-state index in [9.17, 15) is 4.39 Å². The number of benzene rings is 1. The maximum atomic E-state index is 13.3. The van der Waals surface area contributed by atoms with Crippen molar-refractivity contribution >= 4 is 0 Å². The molecule has 0 bridgehead atoms. The second kappa shape index (κ2) is 7.04. The number of nitrogens with zero attached hydrogens (tertiary/aromatic N) is 1. The van der Waals surface area contributed by atoms with Crippen LogP contribution >= 0.6 is 0 Å². The van der Waals surface area contributed by atoms with E-state index in [-0.39, 0.29) is 5.82 Å². The lowest BCUT2D eigenvalue weighted by Crippen LogP contribution is -2.08. The molecule has 0 unspecified atom stereocenters. The predicted molar refractivity (Wildman–Crippen MR) is 79.0 cm³/mol. The van der Waals surface area contributed by atoms with Gasteiger partial charge in [-0.15, -0.1) is 0 Å². The van der Waals surface area contributed by atoms with Gasteiger partial charge in [0.25, 0.3) is 0 Å². The molecule has 1 aromatic heterocycles. The zero-order valence-corrected chi connectivity index (χ0v) is 12.4. The summed E-state index contributed by atoms with van der Waals surface area (Å²) < 4.78 is 24.2. The minimum atomic E-state index is -0.275. The Morgan fingerprint density at radius 2 is 2.05 bits per heavy atom. The lowest BCUT2D eigenvalue weighted by Gasteiger charge is -2.12. The molecule has 0 aliphatic rings. The highest BCUT2D eigenvalue weighted by Gasteiger charge is 2.07. The topological polar surface area (TPSA) is 43.4 Å². The predicted octanol–water partition coefficient (Wildman–Crippen LogP) is 2.84. The molecule has 0 aliphatic heterocycles. The molecule has 0 aliphatic carbocycles. The van der Waals surface area contributed by atoms with Crippen LogP contribution in [0.4, 0.5) is 4.39 Å². The van der Waals surface area contributed by atoms with Crippen LogP contribution in [0.1, 0.15) is 17.0 Å². The molecule has 4 nitrogen and oxygen atoms in total. The molecule has 1 heterocycles. The third kappa shape index (κ3) is 4.16. The highest BCUT2D eigenvalue weighted by molar-refractivity contribution is 5.34. The van der Waals surface area contributed by atoms with Crippen LogP contribution in [0.3, 0.4) is 0 Å². The number of rotatable bonds is 6. The zero-order valence-electron chi connectivity index (χ0n) is 12.4. The molecule has 0 radical (unpaired) electrons. The van der Waals surface area contributed by atoms with E-state index in [0.29, 0.717) is 18.9 Å². The number of pyridine rings is 1. The van der Waals surface area contributed by atoms with Crippen LogP contribution in [0.15, 0.2) is 30.3 Å². The molecule has 0 spiro atoms. The Kier molecular flexibility index (Phi) is 5.11. The molecule has 0 saturated carbocycles. The summed E-state index contributed by atoms with van der Waals surface area (Å²) >= 11 is 0. The van der Waals surface area contributed by atoms with Crippen LogP contribution in [-0.4, -0.2) is 19.1 Å². The molecule has 0 atom stereocenters. The number of hydrogen-bond donors (Lipinski definition) is 1. The monoisotopic (exact) mass is 290 g/mol. The largest absolute Gasteiger partial charge is 0.497 e. The summed E-state index contributed by atoms with van der Waals surface area (Å²) in [5.41, 5.74) is 2.41. The van der Waals surface area contributed by atoms with E-state index in [0.717, 1.165) is 22.7 Å². The van der Waals surface area contributed by atoms with Gasteiger partial charge in [-0.2, -0.15) is 0 Å². The van der Waals surface area contributed by atoms with E-state index in [1.165, 1.54) is 12.1 Å². The summed E-state index contributed by atoms with van der Waals surface area (Å²) in [4.78, 5) is 4.40. The summed E-state index contributed by atoms with van der Waals surface area (Å²) in [6.45, 7) is 2.74. The first-order valence-electron chi connectivity index (χ1n) is 6.69. The first-order valence-corrected chi connectivity index (χ1v) is 6.69. The molecule has 2 rings (SSSR count). The number of methoxy groups -OCH3 is 1. The van der Waals surface area contributed by atoms with Crippen molar-refractivity contribution in [1.29, 1.82) is 0 Å². The van der Waals surface area contributed by atoms with Crippen LogP contribution < -0.4 is 14.8 Å². The Bertz CT molecular complexity index is 617. The van der Waals surface area contributed by atoms with Gasteiger partial charge in [-0.1, -0.05) is 0 Å². The third-order valence-corrected chi connectivity index (χ3v) is 2.98. The Morgan fingerprint density at radius 1 is 1.24 bits per heavy atom. The van der Waals surface area contributed by atoms with Gasteiger partial charge in [0.2, 0.25) is 0 Å². The first-order chi connectivity index (χ1) is 10.1. The van der Waals surface area contributed by atoms with E-state index in [1.54, 1.807) is 13.2 Å². The molecule has 0 fully saturated rings. The van der Waals surface area contributed by atoms with Crippen molar-refractivity contribution in [3.8, 4) is 11.5 Å². The third-order valence-electron chi connectivity index (χ3n) is 2.98. The fourth-order valence-corrected chi connectivity index (χ4v) is 2.06. The molecule has 5 heteroatoms. The quantitative estimate of drug-likeness (QED) is 0.888. The molecule has 0 saturated heterocycles. The molecule has 0 amide bonds. The van der Waals surface area contributed by atoms with Crippen molar-refractivity contribution < 1.29 is 13.9 Å². The normalized spacial score (nSPS) is 10.5. The Morgan fingerprint density at radius 3 is 2.76 bits per heavy atom. The molecular weight excluding hydrogens is 271 g/mol. The molecular formula is C16H19FN2O2. The summed E-state index contributed by atoms with van der Waals surface area (Å²) in [5, 5.41) is 2.99. The van der Waals surface area contributed by atoms with Gasteiger partial charge in [-0.25, -0.2) is 4.39 Å². The van der Waals surface area contributed by atoms with E-state index in [2.05, 4.69) is 10.3 Å². The summed E-state index contributed by atoms with van der Waals surface area (Å²) in [7, 11) is 3.42. The van der Waals surface area contributed by atoms with Gasteiger partial charge in [0, 0.05) is 29.9 Å². The summed E-state index contributed by atoms with van der Waals surface area (Å²) in [5.74, 6) is 1.12. The average Bonchev–Trinajstić information content (AvgIpc) is 2.46. The molecule has 1 N–H and O–H groups in total. The van der Waals surface area contributed by atoms with Crippen molar-refractivity contribution in [2.75, 3.05) is 14.2 Å². The SMILES string of the molecule is CNCc1cc(F)ccc1OCc1cc(OC)cc(C)n1. The molecule has 1 aromatic carbocycles. The smallest absolute Gasteiger partial charge is 0.130 e. The van der Waals surface area contributed by atoms with Gasteiger partial charge in [-0.3, -0.25) is 4.98 Å². The molecule has 2 aromatic rings. The van der Waals surface area contributed by atoms with Gasteiger partial charge in [0.15, 0.2) is 0 Å². The van der Waals surface area contributed by atoms with Crippen molar-refractivity contribution in [1.82, 2.24) is 10.3 Å². The van der Waals surface area contributed by atoms with Gasteiger partial charge in [-0.05, 0) is 32.2 Å². The van der Waals surface area contributed by atoms with Crippen LogP contribution in [0.5, 0.6) is 11.5 Å².